The molecule has 1 aliphatic rings. The van der Waals surface area contributed by atoms with Crippen molar-refractivity contribution < 1.29 is 9.69 Å². The third kappa shape index (κ3) is 3.45. The van der Waals surface area contributed by atoms with E-state index in [1.165, 1.54) is 27.2 Å². The molecule has 1 amide bonds. The van der Waals surface area contributed by atoms with E-state index < -0.39 is 0 Å². The number of rotatable bonds is 4. The highest BCUT2D eigenvalue weighted by molar-refractivity contribution is 5.96. The molecule has 3 nitrogen and oxygen atoms in total. The van der Waals surface area contributed by atoms with Gasteiger partial charge in [-0.2, -0.15) is 0 Å². The molecule has 2 aromatic rings. The van der Waals surface area contributed by atoms with E-state index in [0.717, 1.165) is 25.2 Å². The van der Waals surface area contributed by atoms with E-state index in [1.54, 1.807) is 0 Å². The van der Waals surface area contributed by atoms with Crippen LogP contribution in [0, 0.1) is 13.8 Å². The Morgan fingerprint density at radius 2 is 1.96 bits per heavy atom. The van der Waals surface area contributed by atoms with Crippen molar-refractivity contribution >= 4 is 11.6 Å². The summed E-state index contributed by atoms with van der Waals surface area (Å²) < 4.78 is 0. The van der Waals surface area contributed by atoms with Gasteiger partial charge in [0, 0.05) is 17.8 Å². The van der Waals surface area contributed by atoms with Gasteiger partial charge in [-0.15, -0.1) is 0 Å². The van der Waals surface area contributed by atoms with Crippen LogP contribution in [-0.4, -0.2) is 26.0 Å². The topological polar surface area (TPSA) is 24.8 Å². The summed E-state index contributed by atoms with van der Waals surface area (Å²) >= 11 is 0. The smallest absolute Gasteiger partial charge is 0.282 e. The summed E-state index contributed by atoms with van der Waals surface area (Å²) in [5.74, 6) is 0.220. The molecule has 0 bridgehead atoms. The third-order valence-electron chi connectivity index (χ3n) is 4.63. The summed E-state index contributed by atoms with van der Waals surface area (Å²) in [5.41, 5.74) is 6.30. The van der Waals surface area contributed by atoms with Crippen LogP contribution in [0.2, 0.25) is 0 Å². The molecule has 1 aliphatic heterocycles. The van der Waals surface area contributed by atoms with Gasteiger partial charge in [0.15, 0.2) is 6.54 Å². The SMILES string of the molecule is Cc1ccc(C[NH+](C)CC(=O)N2CCc3ccccc32)c(C)c1. The number of anilines is 1. The van der Waals surface area contributed by atoms with Crippen LogP contribution < -0.4 is 9.80 Å². The first kappa shape index (κ1) is 15.8. The van der Waals surface area contributed by atoms with Gasteiger partial charge in [-0.1, -0.05) is 42.0 Å². The van der Waals surface area contributed by atoms with Crippen LogP contribution in [0.25, 0.3) is 0 Å². The van der Waals surface area contributed by atoms with Gasteiger partial charge in [0.2, 0.25) is 0 Å². The van der Waals surface area contributed by atoms with Crippen molar-refractivity contribution in [1.29, 1.82) is 0 Å². The molecule has 0 spiro atoms. The Bertz CT molecular complexity index is 723. The molecule has 0 saturated carbocycles. The molecule has 1 unspecified atom stereocenters. The predicted octanol–water partition coefficient (Wildman–Crippen LogP) is 1.91. The fourth-order valence-corrected chi connectivity index (χ4v) is 3.38. The third-order valence-corrected chi connectivity index (χ3v) is 4.63. The summed E-state index contributed by atoms with van der Waals surface area (Å²) in [7, 11) is 2.10. The zero-order valence-corrected chi connectivity index (χ0v) is 14.2. The van der Waals surface area contributed by atoms with E-state index in [2.05, 4.69) is 51.2 Å². The van der Waals surface area contributed by atoms with E-state index in [4.69, 9.17) is 0 Å². The molecule has 3 rings (SSSR count). The number of benzene rings is 2. The van der Waals surface area contributed by atoms with Crippen LogP contribution >= 0.6 is 0 Å². The number of hydrogen-bond donors (Lipinski definition) is 1. The number of carbonyl (C=O) groups excluding carboxylic acids is 1. The van der Waals surface area contributed by atoms with Crippen molar-refractivity contribution in [2.45, 2.75) is 26.8 Å². The number of aryl methyl sites for hydroxylation is 2. The van der Waals surface area contributed by atoms with Crippen LogP contribution in [0.3, 0.4) is 0 Å². The summed E-state index contributed by atoms with van der Waals surface area (Å²) in [4.78, 5) is 15.8. The molecule has 0 saturated heterocycles. The first-order valence-corrected chi connectivity index (χ1v) is 8.30. The van der Waals surface area contributed by atoms with Crippen molar-refractivity contribution in [1.82, 2.24) is 0 Å². The fourth-order valence-electron chi connectivity index (χ4n) is 3.38. The van der Waals surface area contributed by atoms with Gasteiger partial charge < -0.3 is 9.80 Å². The molecule has 1 N–H and O–H groups in total. The number of para-hydroxylation sites is 1. The maximum Gasteiger partial charge on any atom is 0.282 e. The lowest BCUT2D eigenvalue weighted by Gasteiger charge is -2.21. The first-order chi connectivity index (χ1) is 11.0. The second kappa shape index (κ2) is 6.55. The Hall–Kier alpha value is -2.13. The van der Waals surface area contributed by atoms with E-state index >= 15 is 0 Å². The van der Waals surface area contributed by atoms with Gasteiger partial charge in [0.1, 0.15) is 6.54 Å². The lowest BCUT2D eigenvalue weighted by atomic mass is 10.1. The number of likely N-dealkylation sites (N-methyl/N-ethyl adjacent to an activating group) is 1. The summed E-state index contributed by atoms with van der Waals surface area (Å²) in [6, 6.07) is 14.8. The average Bonchev–Trinajstić information content (AvgIpc) is 2.94. The number of fused-ring (bicyclic) bond motifs is 1. The largest absolute Gasteiger partial charge is 0.326 e. The highest BCUT2D eigenvalue weighted by atomic mass is 16.2. The molecule has 0 aliphatic carbocycles. The molecule has 1 heterocycles. The van der Waals surface area contributed by atoms with Crippen LogP contribution in [0.15, 0.2) is 42.5 Å². The molecular formula is C20H25N2O+. The minimum absolute atomic E-state index is 0.220. The van der Waals surface area contributed by atoms with Crippen LogP contribution in [-0.2, 0) is 17.8 Å². The second-order valence-corrected chi connectivity index (χ2v) is 6.66. The van der Waals surface area contributed by atoms with Gasteiger partial charge in [-0.3, -0.25) is 4.79 Å². The molecule has 0 aromatic heterocycles. The van der Waals surface area contributed by atoms with E-state index in [-0.39, 0.29) is 5.91 Å². The molecule has 0 radical (unpaired) electrons. The Morgan fingerprint density at radius 1 is 1.17 bits per heavy atom. The van der Waals surface area contributed by atoms with Crippen molar-refractivity contribution in [2.24, 2.45) is 0 Å². The van der Waals surface area contributed by atoms with Gasteiger partial charge in [0.25, 0.3) is 5.91 Å². The van der Waals surface area contributed by atoms with E-state index in [1.807, 2.05) is 17.0 Å². The molecule has 0 fully saturated rings. The van der Waals surface area contributed by atoms with Crippen molar-refractivity contribution in [3.8, 4) is 0 Å². The quantitative estimate of drug-likeness (QED) is 0.917. The maximum absolute atomic E-state index is 12.7. The first-order valence-electron chi connectivity index (χ1n) is 8.30. The normalized spacial score (nSPS) is 14.7. The molecule has 23 heavy (non-hydrogen) atoms. The van der Waals surface area contributed by atoms with Crippen LogP contribution in [0.5, 0.6) is 0 Å². The van der Waals surface area contributed by atoms with Crippen LogP contribution in [0.4, 0.5) is 5.69 Å². The standard InChI is InChI=1S/C20H24N2O/c1-15-8-9-18(16(2)12-15)13-21(3)14-20(23)22-11-10-17-6-4-5-7-19(17)22/h4-9,12H,10-11,13-14H2,1-3H3/p+1. The Kier molecular flexibility index (Phi) is 4.49. The maximum atomic E-state index is 12.7. The molecule has 2 aromatic carbocycles. The molecular weight excluding hydrogens is 284 g/mol. The number of quaternary nitrogens is 1. The Labute approximate surface area is 138 Å². The monoisotopic (exact) mass is 309 g/mol. The average molecular weight is 309 g/mol. The highest BCUT2D eigenvalue weighted by Gasteiger charge is 2.26. The predicted molar refractivity (Wildman–Crippen MR) is 93.9 cm³/mol. The minimum Gasteiger partial charge on any atom is -0.326 e. The highest BCUT2D eigenvalue weighted by Crippen LogP contribution is 2.27. The lowest BCUT2D eigenvalue weighted by molar-refractivity contribution is -0.885. The van der Waals surface area contributed by atoms with Gasteiger partial charge in [0.05, 0.1) is 7.05 Å². The summed E-state index contributed by atoms with van der Waals surface area (Å²) in [6.45, 7) is 6.49. The summed E-state index contributed by atoms with van der Waals surface area (Å²) in [6.07, 6.45) is 0.970. The van der Waals surface area contributed by atoms with E-state index in [0.29, 0.717) is 6.54 Å². The Morgan fingerprint density at radius 3 is 2.74 bits per heavy atom. The van der Waals surface area contributed by atoms with E-state index in [9.17, 15) is 4.79 Å². The van der Waals surface area contributed by atoms with Crippen molar-refractivity contribution in [3.63, 3.8) is 0 Å². The second-order valence-electron chi connectivity index (χ2n) is 6.66. The number of hydrogen-bond acceptors (Lipinski definition) is 1. The zero-order valence-electron chi connectivity index (χ0n) is 14.2. The molecule has 3 heteroatoms. The Balaban J connectivity index is 1.64. The number of carbonyl (C=O) groups is 1. The molecule has 1 atom stereocenters. The number of nitrogens with zero attached hydrogens (tertiary/aromatic N) is 1. The molecule has 120 valence electrons. The zero-order chi connectivity index (χ0) is 16.4. The van der Waals surface area contributed by atoms with Crippen LogP contribution in [0.1, 0.15) is 22.3 Å². The minimum atomic E-state index is 0.220. The van der Waals surface area contributed by atoms with Gasteiger partial charge in [-0.05, 0) is 37.5 Å². The van der Waals surface area contributed by atoms with Gasteiger partial charge >= 0.3 is 0 Å². The van der Waals surface area contributed by atoms with Crippen molar-refractivity contribution in [2.75, 3.05) is 25.0 Å². The van der Waals surface area contributed by atoms with Gasteiger partial charge in [-0.25, -0.2) is 0 Å². The lowest BCUT2D eigenvalue weighted by Crippen LogP contribution is -3.09. The fraction of sp³-hybridized carbons (Fsp3) is 0.350. The summed E-state index contributed by atoms with van der Waals surface area (Å²) in [5, 5.41) is 0. The number of nitrogens with one attached hydrogen (secondary N) is 1. The number of amides is 1. The van der Waals surface area contributed by atoms with Crippen molar-refractivity contribution in [3.05, 3.63) is 64.7 Å².